The highest BCUT2D eigenvalue weighted by atomic mass is 35.5. The SMILES string of the molecule is CCC=C(CCN=C(C)c1noc(Cc2cccc(Cl)c2)n1)c1cc(Cl)ccc1C. The zero-order valence-corrected chi connectivity index (χ0v) is 19.0. The van der Waals surface area contributed by atoms with Gasteiger partial charge in [-0.15, -0.1) is 0 Å². The molecule has 0 saturated carbocycles. The van der Waals surface area contributed by atoms with Crippen LogP contribution in [0.2, 0.25) is 10.0 Å². The zero-order valence-electron chi connectivity index (χ0n) is 17.5. The van der Waals surface area contributed by atoms with Crippen LogP contribution in [0.15, 0.2) is 58.1 Å². The molecular formula is C24H25Cl2N3O. The summed E-state index contributed by atoms with van der Waals surface area (Å²) in [5, 5.41) is 5.51. The number of aliphatic imine (C=N–C) groups is 1. The van der Waals surface area contributed by atoms with E-state index in [1.54, 1.807) is 0 Å². The maximum absolute atomic E-state index is 6.21. The topological polar surface area (TPSA) is 51.3 Å². The summed E-state index contributed by atoms with van der Waals surface area (Å²) in [5.74, 6) is 1.06. The molecule has 3 rings (SSSR count). The van der Waals surface area contributed by atoms with Gasteiger partial charge >= 0.3 is 0 Å². The number of nitrogens with zero attached hydrogens (tertiary/aromatic N) is 3. The molecule has 0 radical (unpaired) electrons. The van der Waals surface area contributed by atoms with Gasteiger partial charge in [0.05, 0.1) is 12.1 Å². The molecule has 0 aliphatic rings. The van der Waals surface area contributed by atoms with Crippen molar-refractivity contribution >= 4 is 34.5 Å². The first-order chi connectivity index (χ1) is 14.5. The Balaban J connectivity index is 1.66. The summed E-state index contributed by atoms with van der Waals surface area (Å²) in [4.78, 5) is 9.13. The van der Waals surface area contributed by atoms with Crippen molar-refractivity contribution in [3.8, 4) is 0 Å². The van der Waals surface area contributed by atoms with Crippen molar-refractivity contribution in [3.63, 3.8) is 0 Å². The molecule has 30 heavy (non-hydrogen) atoms. The van der Waals surface area contributed by atoms with Gasteiger partial charge in [0.25, 0.3) is 0 Å². The number of aryl methyl sites for hydroxylation is 1. The van der Waals surface area contributed by atoms with Crippen LogP contribution >= 0.6 is 23.2 Å². The number of hydrogen-bond acceptors (Lipinski definition) is 4. The summed E-state index contributed by atoms with van der Waals surface area (Å²) in [5.41, 5.74) is 5.43. The van der Waals surface area contributed by atoms with Gasteiger partial charge in [0.15, 0.2) is 0 Å². The highest BCUT2D eigenvalue weighted by Gasteiger charge is 2.11. The minimum Gasteiger partial charge on any atom is -0.339 e. The summed E-state index contributed by atoms with van der Waals surface area (Å²) >= 11 is 12.2. The second kappa shape index (κ2) is 10.6. The van der Waals surface area contributed by atoms with E-state index in [0.29, 0.717) is 29.7 Å². The van der Waals surface area contributed by atoms with Crippen LogP contribution in [0, 0.1) is 6.92 Å². The molecule has 2 aromatic carbocycles. The summed E-state index contributed by atoms with van der Waals surface area (Å²) in [7, 11) is 0. The van der Waals surface area contributed by atoms with E-state index < -0.39 is 0 Å². The lowest BCUT2D eigenvalue weighted by Gasteiger charge is -2.11. The summed E-state index contributed by atoms with van der Waals surface area (Å²) in [6.45, 7) is 6.78. The number of hydrogen-bond donors (Lipinski definition) is 0. The number of halogens is 2. The van der Waals surface area contributed by atoms with E-state index in [1.165, 1.54) is 16.7 Å². The van der Waals surface area contributed by atoms with E-state index in [1.807, 2.05) is 43.3 Å². The predicted octanol–water partition coefficient (Wildman–Crippen LogP) is 6.97. The fraction of sp³-hybridized carbons (Fsp3) is 0.292. The van der Waals surface area contributed by atoms with Crippen LogP contribution in [0.1, 0.15) is 55.1 Å². The molecule has 4 nitrogen and oxygen atoms in total. The lowest BCUT2D eigenvalue weighted by atomic mass is 9.97. The van der Waals surface area contributed by atoms with Crippen molar-refractivity contribution in [1.29, 1.82) is 0 Å². The third-order valence-electron chi connectivity index (χ3n) is 4.76. The number of benzene rings is 2. The van der Waals surface area contributed by atoms with E-state index >= 15 is 0 Å². The van der Waals surface area contributed by atoms with Gasteiger partial charge in [-0.1, -0.05) is 59.6 Å². The third kappa shape index (κ3) is 6.04. The van der Waals surface area contributed by atoms with E-state index in [0.717, 1.165) is 29.1 Å². The summed E-state index contributed by atoms with van der Waals surface area (Å²) in [6, 6.07) is 13.6. The number of aromatic nitrogens is 2. The molecule has 0 aliphatic carbocycles. The fourth-order valence-corrected chi connectivity index (χ4v) is 3.63. The summed E-state index contributed by atoms with van der Waals surface area (Å²) < 4.78 is 5.38. The molecule has 0 amide bonds. The Bertz CT molecular complexity index is 1070. The Hall–Kier alpha value is -2.43. The molecule has 0 saturated heterocycles. The minimum atomic E-state index is 0.520. The van der Waals surface area contributed by atoms with Crippen molar-refractivity contribution in [2.24, 2.45) is 4.99 Å². The lowest BCUT2D eigenvalue weighted by Crippen LogP contribution is -2.01. The molecule has 0 aliphatic heterocycles. The lowest BCUT2D eigenvalue weighted by molar-refractivity contribution is 0.383. The minimum absolute atomic E-state index is 0.520. The van der Waals surface area contributed by atoms with Gasteiger partial charge in [0, 0.05) is 16.6 Å². The molecule has 1 aromatic heterocycles. The highest BCUT2D eigenvalue weighted by molar-refractivity contribution is 6.31. The van der Waals surface area contributed by atoms with Gasteiger partial charge in [0.2, 0.25) is 11.7 Å². The molecule has 156 valence electrons. The molecule has 0 atom stereocenters. The van der Waals surface area contributed by atoms with Gasteiger partial charge in [-0.05, 0) is 73.2 Å². The first-order valence-corrected chi connectivity index (χ1v) is 10.8. The van der Waals surface area contributed by atoms with Crippen molar-refractivity contribution in [3.05, 3.63) is 87.0 Å². The van der Waals surface area contributed by atoms with Gasteiger partial charge in [-0.25, -0.2) is 0 Å². The first-order valence-electron chi connectivity index (χ1n) is 10.00. The second-order valence-electron chi connectivity index (χ2n) is 7.13. The maximum Gasteiger partial charge on any atom is 0.231 e. The quantitative estimate of drug-likeness (QED) is 0.354. The van der Waals surface area contributed by atoms with Crippen molar-refractivity contribution in [2.45, 2.75) is 40.0 Å². The van der Waals surface area contributed by atoms with Crippen LogP contribution in [0.25, 0.3) is 5.57 Å². The zero-order chi connectivity index (χ0) is 21.5. The smallest absolute Gasteiger partial charge is 0.231 e. The van der Waals surface area contributed by atoms with Crippen molar-refractivity contribution in [1.82, 2.24) is 10.1 Å². The Kier molecular flexibility index (Phi) is 7.83. The van der Waals surface area contributed by atoms with Gasteiger partial charge in [-0.3, -0.25) is 4.99 Å². The standard InChI is InChI=1S/C24H25Cl2N3O/c1-4-6-19(22-15-21(26)10-9-16(22)2)11-12-27-17(3)24-28-23(30-29-24)14-18-7-5-8-20(25)13-18/h5-10,13,15H,4,11-12,14H2,1-3H3. The van der Waals surface area contributed by atoms with E-state index in [-0.39, 0.29) is 0 Å². The summed E-state index contributed by atoms with van der Waals surface area (Å²) in [6.07, 6.45) is 4.56. The largest absolute Gasteiger partial charge is 0.339 e. The molecule has 0 fully saturated rings. The average Bonchev–Trinajstić information content (AvgIpc) is 3.18. The normalized spacial score (nSPS) is 12.4. The molecule has 0 N–H and O–H groups in total. The average molecular weight is 442 g/mol. The van der Waals surface area contributed by atoms with Crippen molar-refractivity contribution in [2.75, 3.05) is 6.54 Å². The van der Waals surface area contributed by atoms with Crippen LogP contribution in [-0.4, -0.2) is 22.4 Å². The van der Waals surface area contributed by atoms with E-state index in [4.69, 9.17) is 27.7 Å². The predicted molar refractivity (Wildman–Crippen MR) is 125 cm³/mol. The molecule has 0 unspecified atom stereocenters. The third-order valence-corrected chi connectivity index (χ3v) is 5.23. The van der Waals surface area contributed by atoms with E-state index in [9.17, 15) is 0 Å². The Morgan fingerprint density at radius 2 is 1.93 bits per heavy atom. The van der Waals surface area contributed by atoms with Gasteiger partial charge < -0.3 is 4.52 Å². The maximum atomic E-state index is 6.21. The highest BCUT2D eigenvalue weighted by Crippen LogP contribution is 2.26. The molecule has 6 heteroatoms. The second-order valence-corrected chi connectivity index (χ2v) is 8.01. The van der Waals surface area contributed by atoms with Crippen LogP contribution in [-0.2, 0) is 6.42 Å². The van der Waals surface area contributed by atoms with Gasteiger partial charge in [0.1, 0.15) is 0 Å². The Morgan fingerprint density at radius 3 is 2.70 bits per heavy atom. The fourth-order valence-electron chi connectivity index (χ4n) is 3.24. The molecule has 0 bridgehead atoms. The van der Waals surface area contributed by atoms with Crippen LogP contribution in [0.5, 0.6) is 0 Å². The van der Waals surface area contributed by atoms with Crippen molar-refractivity contribution < 1.29 is 4.52 Å². The molecule has 1 heterocycles. The number of allylic oxidation sites excluding steroid dienone is 1. The number of rotatable bonds is 8. The molecule has 0 spiro atoms. The Morgan fingerprint density at radius 1 is 1.13 bits per heavy atom. The monoisotopic (exact) mass is 441 g/mol. The van der Waals surface area contributed by atoms with Crippen LogP contribution in [0.3, 0.4) is 0 Å². The van der Waals surface area contributed by atoms with Gasteiger partial charge in [-0.2, -0.15) is 4.98 Å². The molecule has 3 aromatic rings. The van der Waals surface area contributed by atoms with E-state index in [2.05, 4.69) is 41.1 Å². The first kappa shape index (κ1) is 22.3. The Labute approximate surface area is 187 Å². The molecular weight excluding hydrogens is 417 g/mol. The van der Waals surface area contributed by atoms with Crippen LogP contribution < -0.4 is 0 Å². The van der Waals surface area contributed by atoms with Crippen LogP contribution in [0.4, 0.5) is 0 Å².